The molecular formula is C96H114ClF14N13O10S. The van der Waals surface area contributed by atoms with Crippen LogP contribution < -0.4 is 14.2 Å². The average Bonchev–Trinajstić information content (AvgIpc) is 1.14. The van der Waals surface area contributed by atoms with E-state index in [1.54, 1.807) is 90.4 Å². The van der Waals surface area contributed by atoms with E-state index < -0.39 is 80.9 Å². The zero-order chi connectivity index (χ0) is 99.0. The quantitative estimate of drug-likeness (QED) is 0.0840. The minimum atomic E-state index is -5.70. The number of carbonyl (C=O) groups is 6. The summed E-state index contributed by atoms with van der Waals surface area (Å²) >= 11 is 6.31. The van der Waals surface area contributed by atoms with Gasteiger partial charge in [-0.25, -0.2) is 13.1 Å². The Balaban J connectivity index is 0.000000153. The topological polar surface area (TPSA) is 213 Å². The van der Waals surface area contributed by atoms with Gasteiger partial charge in [0.25, 0.3) is 35.2 Å². The number of piperidine rings is 4. The maximum atomic E-state index is 14.2. The van der Waals surface area contributed by atoms with Crippen molar-refractivity contribution in [3.8, 4) is 11.5 Å². The van der Waals surface area contributed by atoms with Crippen LogP contribution in [0, 0.1) is 13.8 Å². The number of hydrogen-bond donors (Lipinski definition) is 1. The molecule has 4 amide bonds. The van der Waals surface area contributed by atoms with Crippen molar-refractivity contribution < 1.29 is 108 Å². The Bertz CT molecular complexity index is 5860. The van der Waals surface area contributed by atoms with E-state index in [4.69, 9.17) is 21.1 Å². The number of alkyl halides is 14. The highest BCUT2D eigenvalue weighted by molar-refractivity contribution is 7.89. The van der Waals surface area contributed by atoms with Crippen LogP contribution >= 0.6 is 11.6 Å². The third-order valence-electron chi connectivity index (χ3n) is 28.6. The van der Waals surface area contributed by atoms with Gasteiger partial charge in [-0.1, -0.05) is 44.5 Å². The van der Waals surface area contributed by atoms with Gasteiger partial charge in [0, 0.05) is 155 Å². The van der Waals surface area contributed by atoms with E-state index >= 15 is 0 Å². The lowest BCUT2D eigenvalue weighted by Crippen LogP contribution is -2.59. The summed E-state index contributed by atoms with van der Waals surface area (Å²) in [5.74, 6) is -7.86. The van der Waals surface area contributed by atoms with Gasteiger partial charge in [-0.15, -0.1) is 0 Å². The second-order valence-electron chi connectivity index (χ2n) is 37.6. The summed E-state index contributed by atoms with van der Waals surface area (Å²) in [5, 5.41) is 0.394. The number of ketones is 2. The maximum absolute atomic E-state index is 14.2. The highest BCUT2D eigenvalue weighted by Gasteiger charge is 2.62. The first-order valence-corrected chi connectivity index (χ1v) is 46.7. The number of hydrogen-bond acceptors (Lipinski definition) is 14. The molecule has 4 spiro atoms. The molecule has 135 heavy (non-hydrogen) atoms. The summed E-state index contributed by atoms with van der Waals surface area (Å²) in [6, 6.07) is 33.8. The molecule has 8 aromatic rings. The number of nitrogens with one attached hydrogen (secondary N) is 1. The number of amides is 4. The van der Waals surface area contributed by atoms with E-state index in [0.29, 0.717) is 185 Å². The monoisotopic (exact) mass is 1940 g/mol. The molecule has 23 nitrogen and oxygen atoms in total. The SMILES string of the molecule is CC(C)Oc1ccc(C(=O)N2CCC3(CC2)c2ccc(CC(F)(F)F)n2CCN3C)cc1Cl.CN1CCn2c(C(=O)C(F)(F)F)ccc2C12CCN(C(=O)c1ccc(C(C)(C)C)cc1)CC2.CNS(=O)(=O)c1ccc(C(=O)N2CCC3(CC2)c2ccc(C(F)(F)C(F)(F)F)n2CCN3C)cc1C.COc1ccc(C(=O)N2CCC3(CC2)c2ccc(C(=O)C(F)(F)F)n2C[C@H](C)N3C)cc1C. The van der Waals surface area contributed by atoms with Gasteiger partial charge in [-0.3, -0.25) is 48.4 Å². The predicted molar refractivity (Wildman–Crippen MR) is 478 cm³/mol. The average molecular weight is 1940 g/mol. The molecule has 4 aromatic carbocycles. The molecule has 0 radical (unpaired) electrons. The minimum absolute atomic E-state index is 0.00534. The Hall–Kier alpha value is -10.1. The number of nitrogens with zero attached hydrogens (tertiary/aromatic N) is 12. The number of aryl methyl sites for hydroxylation is 2. The van der Waals surface area contributed by atoms with Crippen LogP contribution in [0.4, 0.5) is 61.5 Å². The molecule has 0 bridgehead atoms. The summed E-state index contributed by atoms with van der Waals surface area (Å²) in [7, 11) is 6.96. The Morgan fingerprint density at radius 2 is 0.837 bits per heavy atom. The molecule has 4 saturated heterocycles. The van der Waals surface area contributed by atoms with E-state index in [1.807, 2.05) is 93.5 Å². The van der Waals surface area contributed by atoms with Gasteiger partial charge in [-0.2, -0.15) is 61.5 Å². The molecular weight excluding hydrogens is 1830 g/mol. The van der Waals surface area contributed by atoms with Crippen LogP contribution in [0.1, 0.15) is 206 Å². The van der Waals surface area contributed by atoms with Gasteiger partial charge in [0.2, 0.25) is 10.0 Å². The molecule has 8 aliphatic rings. The predicted octanol–water partition coefficient (Wildman–Crippen LogP) is 17.2. The molecule has 734 valence electrons. The highest BCUT2D eigenvalue weighted by Crippen LogP contribution is 2.51. The number of methoxy groups -OCH3 is 1. The molecule has 0 unspecified atom stereocenters. The molecule has 4 fully saturated rings. The summed E-state index contributed by atoms with van der Waals surface area (Å²) in [6.45, 7) is 21.8. The van der Waals surface area contributed by atoms with E-state index in [2.05, 4.69) is 40.2 Å². The zero-order valence-corrected chi connectivity index (χ0v) is 79.3. The zero-order valence-electron chi connectivity index (χ0n) is 77.8. The van der Waals surface area contributed by atoms with Crippen molar-refractivity contribution in [2.45, 2.75) is 215 Å². The highest BCUT2D eigenvalue weighted by atomic mass is 35.5. The van der Waals surface area contributed by atoms with E-state index in [0.717, 1.165) is 33.1 Å². The molecule has 0 saturated carbocycles. The molecule has 1 atom stereocenters. The van der Waals surface area contributed by atoms with Crippen molar-refractivity contribution in [2.75, 3.05) is 114 Å². The number of ether oxygens (including phenoxy) is 2. The largest absolute Gasteiger partial charge is 0.496 e. The lowest BCUT2D eigenvalue weighted by Gasteiger charge is -2.53. The second kappa shape index (κ2) is 38.3. The first-order valence-electron chi connectivity index (χ1n) is 44.8. The Labute approximate surface area is 780 Å². The van der Waals surface area contributed by atoms with Crippen molar-refractivity contribution in [1.82, 2.24) is 62.2 Å². The number of Topliss-reactive ketones (excluding diaryl/α,β-unsaturated/α-hetero) is 2. The van der Waals surface area contributed by atoms with Crippen molar-refractivity contribution >= 4 is 56.8 Å². The van der Waals surface area contributed by atoms with Crippen LogP contribution in [0.5, 0.6) is 11.5 Å². The fraction of sp³-hybridized carbons (Fsp3) is 0.521. The van der Waals surface area contributed by atoms with Gasteiger partial charge in [0.15, 0.2) is 0 Å². The summed E-state index contributed by atoms with van der Waals surface area (Å²) in [4.78, 5) is 92.0. The first-order chi connectivity index (χ1) is 63.0. The van der Waals surface area contributed by atoms with Crippen molar-refractivity contribution in [3.05, 3.63) is 217 Å². The Morgan fingerprint density at radius 3 is 1.25 bits per heavy atom. The van der Waals surface area contributed by atoms with Crippen LogP contribution in [0.15, 0.2) is 132 Å². The van der Waals surface area contributed by atoms with Gasteiger partial charge < -0.3 is 47.3 Å². The van der Waals surface area contributed by atoms with Gasteiger partial charge in [0.1, 0.15) is 11.5 Å². The Morgan fingerprint density at radius 1 is 0.459 bits per heavy atom. The number of carbonyl (C=O) groups excluding carboxylic acids is 6. The fourth-order valence-corrected chi connectivity index (χ4v) is 22.0. The van der Waals surface area contributed by atoms with Gasteiger partial charge in [0.05, 0.1) is 68.8 Å². The summed E-state index contributed by atoms with van der Waals surface area (Å²) < 4.78 is 229. The lowest BCUT2D eigenvalue weighted by molar-refractivity contribution is -0.292. The lowest BCUT2D eigenvalue weighted by atomic mass is 9.80. The molecule has 4 aromatic heterocycles. The molecule has 8 aliphatic heterocycles. The third kappa shape index (κ3) is 20.1. The van der Waals surface area contributed by atoms with Gasteiger partial charge in [-0.05, 0) is 259 Å². The fourth-order valence-electron chi connectivity index (χ4n) is 20.8. The molecule has 12 heterocycles. The van der Waals surface area contributed by atoms with Crippen molar-refractivity contribution in [2.24, 2.45) is 0 Å². The summed E-state index contributed by atoms with van der Waals surface area (Å²) in [6.07, 6.45) is -16.4. The molecule has 0 aliphatic carbocycles. The van der Waals surface area contributed by atoms with Gasteiger partial charge >= 0.3 is 30.6 Å². The van der Waals surface area contributed by atoms with Crippen molar-refractivity contribution in [1.29, 1.82) is 0 Å². The first kappa shape index (κ1) is 102. The third-order valence-corrected chi connectivity index (χ3v) is 30.5. The maximum Gasteiger partial charge on any atom is 0.459 e. The molecule has 1 N–H and O–H groups in total. The number of likely N-dealkylation sites (N-methyl/N-ethyl adjacent to an activating group) is 4. The number of sulfonamides is 1. The summed E-state index contributed by atoms with van der Waals surface area (Å²) in [5.41, 5.74) is 3.66. The number of fused-ring (bicyclic) bond motifs is 8. The van der Waals surface area contributed by atoms with Crippen LogP contribution in [-0.2, 0) is 76.1 Å². The van der Waals surface area contributed by atoms with E-state index in [9.17, 15) is 98.7 Å². The molecule has 39 heteroatoms. The normalized spacial score (nSPS) is 19.3. The minimum Gasteiger partial charge on any atom is -0.496 e. The number of halogens is 15. The number of benzene rings is 4. The number of rotatable bonds is 13. The van der Waals surface area contributed by atoms with Crippen LogP contribution in [0.2, 0.25) is 5.02 Å². The van der Waals surface area contributed by atoms with E-state index in [1.165, 1.54) is 52.6 Å². The van der Waals surface area contributed by atoms with Crippen LogP contribution in [-0.4, -0.2) is 252 Å². The second-order valence-corrected chi connectivity index (χ2v) is 39.9. The standard InChI is InChI=1S/C25H30F3N3O2.C24H29ClF3N3O2.C24H28F3N3O3.C23H27F5N4O3S/c1-23(2,3)18-7-5-17(6-8-18)22(33)30-13-11-24(12-14-30)20-10-9-19(21(32)25(26,27)28)31(20)16-15-29(24)4;1-16(2)33-20-6-4-17(14-19(20)25)22(32)30-10-8-23(9-11-30)21-7-5-18(15-24(26,27)28)31(21)13-12-29(23)3;1-15-13-17(5-7-19(15)33-4)22(32)29-11-9-23(10-12-29)20-8-6-18(21(31)24(25,26)27)30(20)14-16(2)28(23)3;1-15-14-16(4-5-17(15)36(34,35)29-2)20(33)31-10-8-21(9-11-31)18-6-7-19(22(24,25)23(26,27)28)32(18)13-12-30(21)3/h5-10H,11-16H2,1-4H3;4-7,14,16H,8-13,15H2,1-3H3;5-8,13,16H,9-12,14H2,1-4H3;4-7,14,29H,8-13H2,1-3H3/t;;16-;/m..0./s1. The number of aromatic nitrogens is 4. The van der Waals surface area contributed by atoms with E-state index in [-0.39, 0.29) is 89.2 Å². The smallest absolute Gasteiger partial charge is 0.459 e. The van der Waals surface area contributed by atoms with Crippen molar-refractivity contribution in [3.63, 3.8) is 0 Å². The van der Waals surface area contributed by atoms with Crippen LogP contribution in [0.25, 0.3) is 0 Å². The Kier molecular flexibility index (Phi) is 29.0. The molecule has 16 rings (SSSR count). The number of likely N-dealkylation sites (tertiary alicyclic amines) is 4. The van der Waals surface area contributed by atoms with Crippen LogP contribution in [0.3, 0.4) is 0 Å².